The molecule has 1 aromatic carbocycles. The Morgan fingerprint density at radius 1 is 1.34 bits per heavy atom. The van der Waals surface area contributed by atoms with E-state index in [0.717, 1.165) is 6.42 Å². The summed E-state index contributed by atoms with van der Waals surface area (Å²) in [6.07, 6.45) is 5.52. The van der Waals surface area contributed by atoms with Crippen LogP contribution >= 0.6 is 0 Å². The van der Waals surface area contributed by atoms with Gasteiger partial charge in [0.05, 0.1) is 12.6 Å². The van der Waals surface area contributed by atoms with Crippen molar-refractivity contribution in [2.75, 3.05) is 13.7 Å². The third-order valence-corrected chi connectivity index (χ3v) is 6.07. The molecule has 0 saturated heterocycles. The van der Waals surface area contributed by atoms with Gasteiger partial charge < -0.3 is 14.7 Å². The van der Waals surface area contributed by atoms with Crippen LogP contribution in [0.25, 0.3) is 0 Å². The summed E-state index contributed by atoms with van der Waals surface area (Å²) < 4.78 is 20.7. The van der Waals surface area contributed by atoms with E-state index >= 15 is 0 Å². The number of aromatic nitrogens is 2. The molecule has 35 heavy (non-hydrogen) atoms. The Bertz CT molecular complexity index is 1190. The molecule has 0 aliphatic carbocycles. The molecule has 8 nitrogen and oxygen atoms in total. The van der Waals surface area contributed by atoms with Crippen LogP contribution in [0.15, 0.2) is 48.3 Å². The molecule has 1 aromatic heterocycles. The van der Waals surface area contributed by atoms with Gasteiger partial charge in [-0.15, -0.1) is 6.58 Å². The highest BCUT2D eigenvalue weighted by Gasteiger charge is 2.30. The Hall–Kier alpha value is -3.75. The van der Waals surface area contributed by atoms with E-state index in [1.54, 1.807) is 13.1 Å². The lowest BCUT2D eigenvalue weighted by Crippen LogP contribution is -2.35. The van der Waals surface area contributed by atoms with Gasteiger partial charge in [-0.3, -0.25) is 19.0 Å². The molecule has 0 fully saturated rings. The average Bonchev–Trinajstić information content (AvgIpc) is 3.07. The van der Waals surface area contributed by atoms with Gasteiger partial charge in [-0.1, -0.05) is 18.7 Å². The van der Waals surface area contributed by atoms with Crippen LogP contribution in [0.1, 0.15) is 60.0 Å². The van der Waals surface area contributed by atoms with Crippen molar-refractivity contribution in [2.24, 2.45) is 0 Å². The van der Waals surface area contributed by atoms with Gasteiger partial charge in [0.25, 0.3) is 5.56 Å². The number of ether oxygens (including phenoxy) is 1. The first kappa shape index (κ1) is 25.9. The number of nitrogens with zero attached hydrogens (tertiary/aromatic N) is 3. The molecular weight excluding hydrogens is 453 g/mol. The molecule has 0 saturated carbocycles. The molecule has 2 aromatic rings. The summed E-state index contributed by atoms with van der Waals surface area (Å²) in [4.78, 5) is 44.1. The van der Waals surface area contributed by atoms with Gasteiger partial charge in [0.15, 0.2) is 11.5 Å². The van der Waals surface area contributed by atoms with E-state index in [2.05, 4.69) is 18.1 Å². The smallest absolute Gasteiger partial charge is 0.296 e. The van der Waals surface area contributed by atoms with Crippen LogP contribution in [0.4, 0.5) is 4.39 Å². The van der Waals surface area contributed by atoms with Gasteiger partial charge in [0.2, 0.25) is 11.7 Å². The van der Waals surface area contributed by atoms with Crippen molar-refractivity contribution in [3.63, 3.8) is 0 Å². The van der Waals surface area contributed by atoms with Crippen LogP contribution in [0.3, 0.4) is 0 Å². The molecule has 0 spiro atoms. The minimum atomic E-state index is -0.710. The van der Waals surface area contributed by atoms with Crippen LogP contribution in [-0.4, -0.2) is 44.9 Å². The largest absolute Gasteiger partial charge is 0.501 e. The zero-order valence-corrected chi connectivity index (χ0v) is 19.8. The van der Waals surface area contributed by atoms with Gasteiger partial charge in [-0.25, -0.2) is 9.37 Å². The Kier molecular flexibility index (Phi) is 8.57. The molecule has 3 rings (SSSR count). The van der Waals surface area contributed by atoms with E-state index in [9.17, 15) is 23.9 Å². The number of ketones is 1. The van der Waals surface area contributed by atoms with Crippen molar-refractivity contribution in [1.82, 2.24) is 14.5 Å². The van der Waals surface area contributed by atoms with Crippen LogP contribution in [0.2, 0.25) is 0 Å². The maximum Gasteiger partial charge on any atom is 0.296 e. The Morgan fingerprint density at radius 3 is 2.83 bits per heavy atom. The highest BCUT2D eigenvalue weighted by molar-refractivity contribution is 5.96. The number of aromatic hydroxyl groups is 1. The number of fused-ring (bicyclic) bond motifs is 1. The predicted molar refractivity (Wildman–Crippen MR) is 129 cm³/mol. The lowest BCUT2D eigenvalue weighted by Gasteiger charge is -2.27. The zero-order valence-electron chi connectivity index (χ0n) is 19.8. The zero-order chi connectivity index (χ0) is 25.5. The fourth-order valence-electron chi connectivity index (χ4n) is 4.12. The van der Waals surface area contributed by atoms with Crippen molar-refractivity contribution in [3.8, 4) is 11.5 Å². The Balaban J connectivity index is 1.90. The molecule has 1 N–H and O–H groups in total. The molecule has 1 atom stereocenters. The Morgan fingerprint density at radius 2 is 2.11 bits per heavy atom. The van der Waals surface area contributed by atoms with Gasteiger partial charge >= 0.3 is 0 Å². The van der Waals surface area contributed by atoms with Crippen molar-refractivity contribution in [3.05, 3.63) is 76.8 Å². The third-order valence-electron chi connectivity index (χ3n) is 6.07. The second kappa shape index (κ2) is 11.6. The number of hydrogen-bond acceptors (Lipinski definition) is 6. The quantitative estimate of drug-likeness (QED) is 0.239. The minimum Gasteiger partial charge on any atom is -0.501 e. The molecule has 1 aliphatic heterocycles. The Labute approximate surface area is 203 Å². The summed E-state index contributed by atoms with van der Waals surface area (Å²) in [5, 5.41) is 10.5. The normalized spacial score (nSPS) is 15.0. The molecule has 1 unspecified atom stereocenters. The molecule has 9 heteroatoms. The second-order valence-corrected chi connectivity index (χ2v) is 8.39. The molecule has 1 aliphatic rings. The summed E-state index contributed by atoms with van der Waals surface area (Å²) in [5.41, 5.74) is -0.423. The average molecular weight is 484 g/mol. The molecular formula is C26H30FN3O5. The van der Waals surface area contributed by atoms with E-state index < -0.39 is 29.0 Å². The summed E-state index contributed by atoms with van der Waals surface area (Å²) in [6, 6.07) is 3.54. The van der Waals surface area contributed by atoms with Crippen molar-refractivity contribution in [1.29, 1.82) is 0 Å². The van der Waals surface area contributed by atoms with E-state index in [0.29, 0.717) is 43.7 Å². The maximum absolute atomic E-state index is 13.7. The second-order valence-electron chi connectivity index (χ2n) is 8.39. The van der Waals surface area contributed by atoms with Gasteiger partial charge in [0, 0.05) is 26.1 Å². The molecule has 186 valence electrons. The summed E-state index contributed by atoms with van der Waals surface area (Å²) >= 11 is 0. The van der Waals surface area contributed by atoms with Crippen LogP contribution in [-0.2, 0) is 17.8 Å². The standard InChI is InChI=1S/C26H30FN3O5/c1-4-6-15-35-21-16-18(27)12-10-17(21)11-13-20(31)23-24(33)26(34)30-14-8-7-9-19(25(30)28-23)29(3)22(32)5-2/h4-5,10,12,16,19,33H,1-2,6-9,11,13-15H2,3H3. The monoisotopic (exact) mass is 483 g/mol. The summed E-state index contributed by atoms with van der Waals surface area (Å²) in [5.74, 6) is -1.45. The van der Waals surface area contributed by atoms with Gasteiger partial charge in [-0.05, 0) is 49.8 Å². The number of carbonyl (C=O) groups is 2. The predicted octanol–water partition coefficient (Wildman–Crippen LogP) is 3.73. The summed E-state index contributed by atoms with van der Waals surface area (Å²) in [7, 11) is 1.59. The number of benzene rings is 1. The number of hydrogen-bond donors (Lipinski definition) is 1. The fraction of sp³-hybridized carbons (Fsp3) is 0.385. The number of likely N-dealkylation sites (N-methyl/N-ethyl adjacent to an activating group) is 1. The van der Waals surface area contributed by atoms with Crippen LogP contribution < -0.4 is 10.3 Å². The van der Waals surface area contributed by atoms with Gasteiger partial charge in [-0.2, -0.15) is 0 Å². The first-order valence-corrected chi connectivity index (χ1v) is 11.6. The third kappa shape index (κ3) is 5.85. The molecule has 0 radical (unpaired) electrons. The number of carbonyl (C=O) groups excluding carboxylic acids is 2. The lowest BCUT2D eigenvalue weighted by molar-refractivity contribution is -0.127. The van der Waals surface area contributed by atoms with Crippen LogP contribution in [0.5, 0.6) is 11.5 Å². The van der Waals surface area contributed by atoms with E-state index in [1.165, 1.54) is 33.7 Å². The first-order chi connectivity index (χ1) is 16.8. The molecule has 0 bridgehead atoms. The van der Waals surface area contributed by atoms with Crippen molar-refractivity contribution < 1.29 is 23.8 Å². The number of amides is 1. The highest BCUT2D eigenvalue weighted by Crippen LogP contribution is 2.29. The fourth-order valence-corrected chi connectivity index (χ4v) is 4.12. The molecule has 2 heterocycles. The van der Waals surface area contributed by atoms with E-state index in [1.807, 2.05) is 0 Å². The minimum absolute atomic E-state index is 0.0843. The van der Waals surface area contributed by atoms with Crippen LogP contribution in [0, 0.1) is 5.82 Å². The number of Topliss-reactive ketones (excluding diaryl/α,β-unsaturated/α-hetero) is 1. The van der Waals surface area contributed by atoms with E-state index in [-0.39, 0.29) is 30.3 Å². The summed E-state index contributed by atoms with van der Waals surface area (Å²) in [6.45, 7) is 7.78. The first-order valence-electron chi connectivity index (χ1n) is 11.6. The van der Waals surface area contributed by atoms with Gasteiger partial charge in [0.1, 0.15) is 17.4 Å². The van der Waals surface area contributed by atoms with Crippen molar-refractivity contribution in [2.45, 2.75) is 51.1 Å². The highest BCUT2D eigenvalue weighted by atomic mass is 19.1. The lowest BCUT2D eigenvalue weighted by atomic mass is 10.0. The molecule has 1 amide bonds. The van der Waals surface area contributed by atoms with Crippen molar-refractivity contribution >= 4 is 11.7 Å². The SMILES string of the molecule is C=CCCOc1cc(F)ccc1CCC(=O)c1nc2n(c(=O)c1O)CCCCC2N(C)C(=O)C=C. The number of halogens is 1. The maximum atomic E-state index is 13.7. The van der Waals surface area contributed by atoms with E-state index in [4.69, 9.17) is 4.74 Å². The number of aryl methyl sites for hydroxylation is 1. The number of rotatable bonds is 10. The topological polar surface area (TPSA) is 102 Å².